The van der Waals surface area contributed by atoms with E-state index >= 15 is 0 Å². The highest BCUT2D eigenvalue weighted by Crippen LogP contribution is 2.21. The van der Waals surface area contributed by atoms with Crippen LogP contribution in [0.2, 0.25) is 0 Å². The van der Waals surface area contributed by atoms with Gasteiger partial charge in [0.25, 0.3) is 5.89 Å². The molecule has 2 aromatic heterocycles. The molecule has 1 aromatic carbocycles. The Balaban J connectivity index is 1.65. The summed E-state index contributed by atoms with van der Waals surface area (Å²) in [6.07, 6.45) is 1.16. The zero-order chi connectivity index (χ0) is 15.6. The summed E-state index contributed by atoms with van der Waals surface area (Å²) < 4.78 is 33.4. The number of rotatable bonds is 5. The van der Waals surface area contributed by atoms with E-state index in [1.165, 1.54) is 12.1 Å². The van der Waals surface area contributed by atoms with Gasteiger partial charge in [-0.05, 0) is 35.7 Å². The fraction of sp³-hybridized carbons (Fsp3) is 0.143. The molecular weight excluding hydrogens is 324 g/mol. The number of nitrogens with zero attached hydrogens (tertiary/aromatic N) is 2. The van der Waals surface area contributed by atoms with Gasteiger partial charge in [0.1, 0.15) is 5.75 Å². The summed E-state index contributed by atoms with van der Waals surface area (Å²) in [5.41, 5.74) is 0.876. The van der Waals surface area contributed by atoms with Crippen LogP contribution < -0.4 is 4.74 Å². The molecule has 0 aliphatic carbocycles. The average Bonchev–Trinajstić information content (AvgIpc) is 3.15. The molecule has 114 valence electrons. The number of hydrogen-bond donors (Lipinski definition) is 0. The number of hydrogen-bond acceptors (Lipinski definition) is 7. The summed E-state index contributed by atoms with van der Waals surface area (Å²) in [4.78, 5) is 4.48. The Bertz CT molecular complexity index is 853. The fourth-order valence-corrected chi connectivity index (χ4v) is 3.01. The molecule has 2 heterocycles. The minimum Gasteiger partial charge on any atom is -0.485 e. The lowest BCUT2D eigenvalue weighted by Crippen LogP contribution is -1.99. The van der Waals surface area contributed by atoms with E-state index in [0.717, 1.165) is 11.8 Å². The lowest BCUT2D eigenvalue weighted by molar-refractivity contribution is 0.287. The number of aromatic nitrogens is 2. The van der Waals surface area contributed by atoms with Crippen LogP contribution in [-0.4, -0.2) is 24.8 Å². The van der Waals surface area contributed by atoms with Crippen molar-refractivity contribution < 1.29 is 17.7 Å². The molecule has 0 amide bonds. The van der Waals surface area contributed by atoms with Crippen molar-refractivity contribution in [3.05, 3.63) is 46.9 Å². The van der Waals surface area contributed by atoms with Gasteiger partial charge in [-0.1, -0.05) is 5.16 Å². The molecular formula is C14H12N2O4S2. The highest BCUT2D eigenvalue weighted by Gasteiger charge is 2.10. The zero-order valence-corrected chi connectivity index (χ0v) is 13.2. The molecule has 0 aliphatic rings. The zero-order valence-electron chi connectivity index (χ0n) is 11.6. The Morgan fingerprint density at radius 1 is 1.23 bits per heavy atom. The molecule has 22 heavy (non-hydrogen) atoms. The second-order valence-electron chi connectivity index (χ2n) is 4.56. The van der Waals surface area contributed by atoms with Gasteiger partial charge in [0.15, 0.2) is 16.4 Å². The summed E-state index contributed by atoms with van der Waals surface area (Å²) >= 11 is 1.55. The largest absolute Gasteiger partial charge is 0.485 e. The van der Waals surface area contributed by atoms with Crippen LogP contribution in [0.1, 0.15) is 5.82 Å². The first kappa shape index (κ1) is 14.7. The van der Waals surface area contributed by atoms with Gasteiger partial charge in [0.2, 0.25) is 5.82 Å². The number of benzene rings is 1. The molecule has 3 aromatic rings. The summed E-state index contributed by atoms with van der Waals surface area (Å²) in [5, 5.41) is 7.69. The molecule has 0 N–H and O–H groups in total. The van der Waals surface area contributed by atoms with E-state index < -0.39 is 9.84 Å². The molecule has 6 nitrogen and oxygen atoms in total. The first-order valence-corrected chi connectivity index (χ1v) is 9.14. The third kappa shape index (κ3) is 3.34. The van der Waals surface area contributed by atoms with Crippen molar-refractivity contribution >= 4 is 21.2 Å². The van der Waals surface area contributed by atoms with Crippen molar-refractivity contribution in [2.75, 3.05) is 6.26 Å². The minimum atomic E-state index is -3.20. The molecule has 0 unspecified atom stereocenters. The molecule has 0 spiro atoms. The molecule has 0 fully saturated rings. The van der Waals surface area contributed by atoms with Crippen LogP contribution in [0.4, 0.5) is 0 Å². The maximum atomic E-state index is 11.4. The third-order valence-electron chi connectivity index (χ3n) is 2.86. The van der Waals surface area contributed by atoms with E-state index in [-0.39, 0.29) is 11.5 Å². The summed E-state index contributed by atoms with van der Waals surface area (Å²) in [7, 11) is -3.20. The molecule has 0 aliphatic heterocycles. The summed E-state index contributed by atoms with van der Waals surface area (Å²) in [6.45, 7) is 0.145. The monoisotopic (exact) mass is 336 g/mol. The Labute approximate surface area is 131 Å². The average molecular weight is 336 g/mol. The predicted octanol–water partition coefficient (Wildman–Crippen LogP) is 2.78. The van der Waals surface area contributed by atoms with Crippen LogP contribution in [-0.2, 0) is 16.4 Å². The highest BCUT2D eigenvalue weighted by atomic mass is 32.2. The van der Waals surface area contributed by atoms with Crippen molar-refractivity contribution in [2.24, 2.45) is 0 Å². The molecule has 0 radical (unpaired) electrons. The van der Waals surface area contributed by atoms with Crippen LogP contribution in [0.3, 0.4) is 0 Å². The molecule has 0 saturated carbocycles. The molecule has 0 bridgehead atoms. The van der Waals surface area contributed by atoms with E-state index in [4.69, 9.17) is 9.26 Å². The maximum absolute atomic E-state index is 11.4. The maximum Gasteiger partial charge on any atom is 0.258 e. The van der Waals surface area contributed by atoms with E-state index in [1.807, 2.05) is 16.8 Å². The van der Waals surface area contributed by atoms with Gasteiger partial charge in [-0.15, -0.1) is 0 Å². The molecule has 0 saturated heterocycles. The van der Waals surface area contributed by atoms with Gasteiger partial charge in [-0.25, -0.2) is 8.42 Å². The van der Waals surface area contributed by atoms with Crippen LogP contribution in [0.5, 0.6) is 5.75 Å². The lowest BCUT2D eigenvalue weighted by Gasteiger charge is -2.04. The minimum absolute atomic E-state index is 0.145. The van der Waals surface area contributed by atoms with Gasteiger partial charge >= 0.3 is 0 Å². The summed E-state index contributed by atoms with van der Waals surface area (Å²) in [5.74, 6) is 1.41. The predicted molar refractivity (Wildman–Crippen MR) is 81.5 cm³/mol. The number of thiophene rings is 1. The van der Waals surface area contributed by atoms with Crippen molar-refractivity contribution in [1.82, 2.24) is 10.1 Å². The van der Waals surface area contributed by atoms with Crippen molar-refractivity contribution in [3.8, 4) is 17.2 Å². The second kappa shape index (κ2) is 5.90. The van der Waals surface area contributed by atoms with E-state index in [1.54, 1.807) is 23.5 Å². The fourth-order valence-electron chi connectivity index (χ4n) is 1.75. The van der Waals surface area contributed by atoms with E-state index in [9.17, 15) is 8.42 Å². The van der Waals surface area contributed by atoms with Crippen molar-refractivity contribution in [3.63, 3.8) is 0 Å². The van der Waals surface area contributed by atoms with Crippen LogP contribution in [0.25, 0.3) is 11.5 Å². The Hall–Kier alpha value is -2.19. The first-order valence-electron chi connectivity index (χ1n) is 6.30. The normalized spacial score (nSPS) is 11.5. The third-order valence-corrected chi connectivity index (χ3v) is 4.67. The van der Waals surface area contributed by atoms with Gasteiger partial charge in [0.05, 0.1) is 10.5 Å². The second-order valence-corrected chi connectivity index (χ2v) is 7.36. The molecule has 8 heteroatoms. The van der Waals surface area contributed by atoms with Crippen LogP contribution in [0.15, 0.2) is 50.5 Å². The van der Waals surface area contributed by atoms with E-state index in [0.29, 0.717) is 17.5 Å². The smallest absolute Gasteiger partial charge is 0.258 e. The molecule has 0 atom stereocenters. The van der Waals surface area contributed by atoms with Crippen molar-refractivity contribution in [1.29, 1.82) is 0 Å². The summed E-state index contributed by atoms with van der Waals surface area (Å²) in [6, 6.07) is 8.08. The Kier molecular flexibility index (Phi) is 3.95. The van der Waals surface area contributed by atoms with Crippen LogP contribution in [0, 0.1) is 0 Å². The highest BCUT2D eigenvalue weighted by molar-refractivity contribution is 7.90. The van der Waals surface area contributed by atoms with Gasteiger partial charge in [-0.3, -0.25) is 0 Å². The first-order chi connectivity index (χ1) is 10.5. The Morgan fingerprint density at radius 2 is 2.00 bits per heavy atom. The van der Waals surface area contributed by atoms with Crippen molar-refractivity contribution in [2.45, 2.75) is 11.5 Å². The number of sulfone groups is 1. The number of ether oxygens (including phenoxy) is 1. The lowest BCUT2D eigenvalue weighted by atomic mass is 10.3. The SMILES string of the molecule is CS(=O)(=O)c1ccc(OCc2noc(-c3ccsc3)n2)cc1. The van der Waals surface area contributed by atoms with Gasteiger partial charge in [-0.2, -0.15) is 16.3 Å². The van der Waals surface area contributed by atoms with E-state index in [2.05, 4.69) is 10.1 Å². The van der Waals surface area contributed by atoms with Gasteiger partial charge < -0.3 is 9.26 Å². The van der Waals surface area contributed by atoms with Gasteiger partial charge in [0, 0.05) is 11.6 Å². The topological polar surface area (TPSA) is 82.3 Å². The quantitative estimate of drug-likeness (QED) is 0.712. The van der Waals surface area contributed by atoms with Crippen LogP contribution >= 0.6 is 11.3 Å². The Morgan fingerprint density at radius 3 is 2.64 bits per heavy atom. The molecule has 3 rings (SSSR count). The standard InChI is InChI=1S/C14H12N2O4S2/c1-22(17,18)12-4-2-11(3-5-12)19-8-13-15-14(20-16-13)10-6-7-21-9-10/h2-7,9H,8H2,1H3.